The molecule has 3 aromatic rings. The summed E-state index contributed by atoms with van der Waals surface area (Å²) in [7, 11) is 0. The fraction of sp³-hybridized carbons (Fsp3) is 0.240. The second kappa shape index (κ2) is 9.98. The highest BCUT2D eigenvalue weighted by Crippen LogP contribution is 2.33. The van der Waals surface area contributed by atoms with Crippen molar-refractivity contribution < 1.29 is 19.4 Å². The zero-order valence-corrected chi connectivity index (χ0v) is 18.5. The fourth-order valence-corrected chi connectivity index (χ4v) is 3.93. The number of hydrogen-bond donors (Lipinski definition) is 4. The highest BCUT2D eigenvalue weighted by Gasteiger charge is 2.29. The molecule has 0 saturated heterocycles. The number of aliphatic hydroxyl groups is 2. The SMILES string of the molecule is Cc1ccc(-c2ccc(=O)n(CCO)n2)cc1NC(O)C1=CNC(=O)C[C@H]1c1ccc(F)cc1. The van der Waals surface area contributed by atoms with Gasteiger partial charge in [0, 0.05) is 41.4 Å². The van der Waals surface area contributed by atoms with Gasteiger partial charge in [-0.2, -0.15) is 5.10 Å². The summed E-state index contributed by atoms with van der Waals surface area (Å²) in [5.41, 5.74) is 3.73. The Bertz CT molecular complexity index is 1290. The standard InChI is InChI=1S/C25H25FN4O4/c1-15-2-3-17(21-8-9-24(33)30(29-21)10-11-31)12-22(15)28-25(34)20-14-27-23(32)13-19(20)16-4-6-18(26)7-5-16/h2-9,12,14,19,25,28,31,34H,10-11,13H2,1H3,(H,27,32)/t19-,25?/m0/s1. The number of nitrogens with one attached hydrogen (secondary N) is 2. The van der Waals surface area contributed by atoms with Crippen LogP contribution in [0.5, 0.6) is 0 Å². The average molecular weight is 464 g/mol. The number of amides is 1. The van der Waals surface area contributed by atoms with Crippen LogP contribution < -0.4 is 16.2 Å². The molecule has 4 rings (SSSR count). The normalized spacial score (nSPS) is 16.5. The summed E-state index contributed by atoms with van der Waals surface area (Å²) in [6.07, 6.45) is 0.495. The van der Waals surface area contributed by atoms with Crippen molar-refractivity contribution in [3.63, 3.8) is 0 Å². The third-order valence-corrected chi connectivity index (χ3v) is 5.78. The van der Waals surface area contributed by atoms with Gasteiger partial charge in [0.2, 0.25) is 5.91 Å². The Morgan fingerprint density at radius 3 is 2.68 bits per heavy atom. The first-order chi connectivity index (χ1) is 16.4. The molecule has 2 atom stereocenters. The van der Waals surface area contributed by atoms with Gasteiger partial charge < -0.3 is 20.8 Å². The first-order valence-corrected chi connectivity index (χ1v) is 10.8. The smallest absolute Gasteiger partial charge is 0.266 e. The fourth-order valence-electron chi connectivity index (χ4n) is 3.93. The van der Waals surface area contributed by atoms with E-state index < -0.39 is 12.1 Å². The molecular weight excluding hydrogens is 439 g/mol. The topological polar surface area (TPSA) is 116 Å². The van der Waals surface area contributed by atoms with Crippen molar-refractivity contribution in [3.8, 4) is 11.3 Å². The minimum Gasteiger partial charge on any atom is -0.394 e. The number of aryl methyl sites for hydroxylation is 1. The van der Waals surface area contributed by atoms with Crippen LogP contribution in [-0.2, 0) is 11.3 Å². The van der Waals surface area contributed by atoms with Crippen LogP contribution in [0.1, 0.15) is 23.5 Å². The molecule has 1 amide bonds. The number of hydrogen-bond acceptors (Lipinski definition) is 6. The number of benzene rings is 2. The molecule has 0 radical (unpaired) electrons. The van der Waals surface area contributed by atoms with E-state index in [2.05, 4.69) is 15.7 Å². The zero-order valence-electron chi connectivity index (χ0n) is 18.5. The van der Waals surface area contributed by atoms with E-state index in [-0.39, 0.29) is 36.9 Å². The monoisotopic (exact) mass is 464 g/mol. The van der Waals surface area contributed by atoms with Crippen LogP contribution in [0.4, 0.5) is 10.1 Å². The van der Waals surface area contributed by atoms with Gasteiger partial charge in [-0.05, 0) is 42.3 Å². The molecule has 176 valence electrons. The molecule has 0 aliphatic carbocycles. The third kappa shape index (κ3) is 5.05. The lowest BCUT2D eigenvalue weighted by molar-refractivity contribution is -0.120. The largest absolute Gasteiger partial charge is 0.394 e. The molecule has 1 aromatic heterocycles. The van der Waals surface area contributed by atoms with Crippen LogP contribution in [0, 0.1) is 12.7 Å². The molecule has 0 saturated carbocycles. The van der Waals surface area contributed by atoms with Crippen LogP contribution in [0.2, 0.25) is 0 Å². The number of rotatable bonds is 7. The summed E-state index contributed by atoms with van der Waals surface area (Å²) in [5, 5.41) is 30.2. The van der Waals surface area contributed by atoms with Crippen LogP contribution in [0.15, 0.2) is 71.2 Å². The Morgan fingerprint density at radius 2 is 1.94 bits per heavy atom. The van der Waals surface area contributed by atoms with E-state index in [1.54, 1.807) is 18.2 Å². The van der Waals surface area contributed by atoms with Gasteiger partial charge in [-0.25, -0.2) is 9.07 Å². The van der Waals surface area contributed by atoms with Crippen molar-refractivity contribution in [2.75, 3.05) is 11.9 Å². The molecule has 1 aliphatic heterocycles. The van der Waals surface area contributed by atoms with Crippen molar-refractivity contribution in [2.45, 2.75) is 32.0 Å². The molecule has 0 spiro atoms. The Balaban J connectivity index is 1.62. The summed E-state index contributed by atoms with van der Waals surface area (Å²) >= 11 is 0. The molecule has 9 heteroatoms. The highest BCUT2D eigenvalue weighted by atomic mass is 19.1. The molecule has 1 aliphatic rings. The number of carbonyl (C=O) groups excluding carboxylic acids is 1. The maximum Gasteiger partial charge on any atom is 0.266 e. The Hall–Kier alpha value is -3.82. The quantitative estimate of drug-likeness (QED) is 0.399. The molecule has 0 fully saturated rings. The number of carbonyl (C=O) groups is 1. The first-order valence-electron chi connectivity index (χ1n) is 10.8. The van der Waals surface area contributed by atoms with E-state index in [4.69, 9.17) is 5.11 Å². The molecule has 1 unspecified atom stereocenters. The lowest BCUT2D eigenvalue weighted by atomic mass is 9.85. The van der Waals surface area contributed by atoms with Crippen molar-refractivity contribution >= 4 is 11.6 Å². The molecular formula is C25H25FN4O4. The number of aromatic nitrogens is 2. The second-order valence-electron chi connectivity index (χ2n) is 8.10. The van der Waals surface area contributed by atoms with E-state index in [1.807, 2.05) is 25.1 Å². The Kier molecular flexibility index (Phi) is 6.85. The molecule has 34 heavy (non-hydrogen) atoms. The van der Waals surface area contributed by atoms with Gasteiger partial charge in [-0.3, -0.25) is 9.59 Å². The van der Waals surface area contributed by atoms with Crippen LogP contribution in [0.3, 0.4) is 0 Å². The molecule has 0 bridgehead atoms. The van der Waals surface area contributed by atoms with Gasteiger partial charge in [0.15, 0.2) is 0 Å². The van der Waals surface area contributed by atoms with Gasteiger partial charge >= 0.3 is 0 Å². The number of halogens is 1. The number of aliphatic hydroxyl groups excluding tert-OH is 2. The summed E-state index contributed by atoms with van der Waals surface area (Å²) < 4.78 is 14.6. The van der Waals surface area contributed by atoms with Crippen LogP contribution in [-0.4, -0.2) is 38.7 Å². The average Bonchev–Trinajstić information content (AvgIpc) is 2.82. The Labute approximate surface area is 195 Å². The Morgan fingerprint density at radius 1 is 1.18 bits per heavy atom. The van der Waals surface area contributed by atoms with Crippen LogP contribution >= 0.6 is 0 Å². The minimum absolute atomic E-state index is 0.0903. The first kappa shape index (κ1) is 23.3. The zero-order chi connectivity index (χ0) is 24.2. The van der Waals surface area contributed by atoms with E-state index in [0.717, 1.165) is 11.1 Å². The van der Waals surface area contributed by atoms with Crippen molar-refractivity contribution in [3.05, 3.63) is 93.7 Å². The van der Waals surface area contributed by atoms with E-state index in [9.17, 15) is 19.1 Å². The van der Waals surface area contributed by atoms with E-state index >= 15 is 0 Å². The van der Waals surface area contributed by atoms with E-state index in [1.165, 1.54) is 29.1 Å². The van der Waals surface area contributed by atoms with Crippen molar-refractivity contribution in [1.29, 1.82) is 0 Å². The summed E-state index contributed by atoms with van der Waals surface area (Å²) in [4.78, 5) is 23.9. The summed E-state index contributed by atoms with van der Waals surface area (Å²) in [5.74, 6) is -0.976. The maximum atomic E-state index is 13.4. The van der Waals surface area contributed by atoms with E-state index in [0.29, 0.717) is 22.5 Å². The summed E-state index contributed by atoms with van der Waals surface area (Å²) in [6.45, 7) is 1.77. The van der Waals surface area contributed by atoms with Crippen LogP contribution in [0.25, 0.3) is 11.3 Å². The van der Waals surface area contributed by atoms with Gasteiger partial charge in [0.05, 0.1) is 18.8 Å². The molecule has 8 nitrogen and oxygen atoms in total. The predicted octanol–water partition coefficient (Wildman–Crippen LogP) is 2.27. The van der Waals surface area contributed by atoms with Crippen molar-refractivity contribution in [2.24, 2.45) is 0 Å². The molecule has 2 heterocycles. The predicted molar refractivity (Wildman–Crippen MR) is 125 cm³/mol. The number of nitrogens with zero attached hydrogens (tertiary/aromatic N) is 2. The summed E-state index contributed by atoms with van der Waals surface area (Å²) in [6, 6.07) is 14.4. The van der Waals surface area contributed by atoms with Crippen molar-refractivity contribution in [1.82, 2.24) is 15.1 Å². The molecule has 4 N–H and O–H groups in total. The second-order valence-corrected chi connectivity index (χ2v) is 8.10. The van der Waals surface area contributed by atoms with Gasteiger partial charge in [-0.15, -0.1) is 0 Å². The molecule has 2 aromatic carbocycles. The van der Waals surface area contributed by atoms with Gasteiger partial charge in [0.1, 0.15) is 12.0 Å². The lowest BCUT2D eigenvalue weighted by Gasteiger charge is -2.29. The maximum absolute atomic E-state index is 13.4. The van der Waals surface area contributed by atoms with Gasteiger partial charge in [0.25, 0.3) is 5.56 Å². The minimum atomic E-state index is -1.12. The van der Waals surface area contributed by atoms with Gasteiger partial charge in [-0.1, -0.05) is 24.3 Å². The third-order valence-electron chi connectivity index (χ3n) is 5.78. The lowest BCUT2D eigenvalue weighted by Crippen LogP contribution is -2.34. The highest BCUT2D eigenvalue weighted by molar-refractivity contribution is 5.80. The number of anilines is 1.